The fraction of sp³-hybridized carbons (Fsp3) is 0.857. The van der Waals surface area contributed by atoms with Gasteiger partial charge in [-0.2, -0.15) is 25.7 Å². The first kappa shape index (κ1) is 40.3. The summed E-state index contributed by atoms with van der Waals surface area (Å²) in [7, 11) is 0. The van der Waals surface area contributed by atoms with Gasteiger partial charge in [0.1, 0.15) is 0 Å². The molecule has 0 atom stereocenters. The summed E-state index contributed by atoms with van der Waals surface area (Å²) in [6, 6.07) is 0. The van der Waals surface area contributed by atoms with Crippen molar-refractivity contribution in [3.63, 3.8) is 0 Å². The molecule has 0 aromatic rings. The Morgan fingerprint density at radius 1 is 0.379 bits per heavy atom. The molecule has 0 aromatic carbocycles. The van der Waals surface area contributed by atoms with E-state index in [-0.39, 0.29) is 25.8 Å². The van der Waals surface area contributed by atoms with Gasteiger partial charge in [-0.25, -0.2) is 0 Å². The van der Waals surface area contributed by atoms with E-state index in [9.17, 15) is 0 Å². The molecule has 0 unspecified atom stereocenters. The Bertz CT molecular complexity index is 170. The molecule has 1 heteroatoms. The summed E-state index contributed by atoms with van der Waals surface area (Å²) in [6.45, 7) is 33.0. The Kier molecular flexibility index (Phi) is 50.3. The summed E-state index contributed by atoms with van der Waals surface area (Å²) < 4.78 is 0. The van der Waals surface area contributed by atoms with Crippen molar-refractivity contribution in [2.75, 3.05) is 0 Å². The van der Waals surface area contributed by atoms with Crippen LogP contribution in [0.15, 0.2) is 0 Å². The first-order valence-electron chi connectivity index (χ1n) is 12.3. The summed E-state index contributed by atoms with van der Waals surface area (Å²) >= 11 is 0. The van der Waals surface area contributed by atoms with Gasteiger partial charge >= 0.3 is 25.8 Å². The van der Waals surface area contributed by atoms with E-state index in [2.05, 4.69) is 83.1 Å². The maximum absolute atomic E-state index is 3.76. The van der Waals surface area contributed by atoms with Crippen LogP contribution in [-0.2, 0) is 25.8 Å². The summed E-state index contributed by atoms with van der Waals surface area (Å²) in [6.07, 6.45) is 14.9. The molecule has 0 saturated carbocycles. The molecule has 29 heavy (non-hydrogen) atoms. The maximum atomic E-state index is 3.76. The van der Waals surface area contributed by atoms with Gasteiger partial charge in [-0.1, -0.05) is 107 Å². The average Bonchev–Trinajstić information content (AvgIpc) is 2.62. The Balaban J connectivity index is -0.0000000873. The smallest absolute Gasteiger partial charge is 0.343 e. The fourth-order valence-corrected chi connectivity index (χ4v) is 2.21. The monoisotopic (exact) mass is 576 g/mol. The molecule has 0 amide bonds. The van der Waals surface area contributed by atoms with Crippen molar-refractivity contribution >= 4 is 0 Å². The number of rotatable bonds is 12. The van der Waals surface area contributed by atoms with Crippen molar-refractivity contribution in [3.8, 4) is 0 Å². The molecule has 0 heterocycles. The zero-order valence-electron chi connectivity index (χ0n) is 22.1. The Labute approximate surface area is 209 Å². The van der Waals surface area contributed by atoms with Gasteiger partial charge in [0.25, 0.3) is 0 Å². The van der Waals surface area contributed by atoms with E-state index >= 15 is 0 Å². The van der Waals surface area contributed by atoms with Crippen LogP contribution in [0.25, 0.3) is 0 Å². The van der Waals surface area contributed by atoms with Gasteiger partial charge in [0.05, 0.1) is 0 Å². The van der Waals surface area contributed by atoms with Gasteiger partial charge in [0.15, 0.2) is 0 Å². The Morgan fingerprint density at radius 3 is 0.552 bits per heavy atom. The number of unbranched alkanes of at least 4 members (excludes halogenated alkanes) is 4. The first-order valence-corrected chi connectivity index (χ1v) is 12.3. The number of hydrogen-bond acceptors (Lipinski definition) is 0. The SMILES string of the molecule is [CH2-]CCCC(C)C.[CH2-]CCCC(C)C.[CH2-]CCCC(C)C.[CH2-]CCCC(C)C.[Hf+4]. The van der Waals surface area contributed by atoms with Gasteiger partial charge in [-0.05, 0) is 23.7 Å². The fourth-order valence-electron chi connectivity index (χ4n) is 2.21. The molecule has 0 aliphatic heterocycles. The van der Waals surface area contributed by atoms with Gasteiger partial charge in [-0.15, -0.1) is 0 Å². The molecule has 0 bridgehead atoms. The van der Waals surface area contributed by atoms with E-state index in [4.69, 9.17) is 0 Å². The quantitative estimate of drug-likeness (QED) is 0.161. The van der Waals surface area contributed by atoms with Crippen LogP contribution in [0.2, 0.25) is 0 Å². The van der Waals surface area contributed by atoms with E-state index in [1.54, 1.807) is 0 Å². The molecule has 176 valence electrons. The van der Waals surface area contributed by atoms with Crippen LogP contribution >= 0.6 is 0 Å². The minimum absolute atomic E-state index is 0. The van der Waals surface area contributed by atoms with Crippen LogP contribution in [0, 0.1) is 51.4 Å². The normalized spacial score (nSPS) is 9.93. The third-order valence-electron chi connectivity index (χ3n) is 4.13. The second kappa shape index (κ2) is 36.3. The Morgan fingerprint density at radius 2 is 0.517 bits per heavy atom. The van der Waals surface area contributed by atoms with Crippen LogP contribution in [0.5, 0.6) is 0 Å². The zero-order valence-corrected chi connectivity index (χ0v) is 25.7. The molecular weight excluding hydrogens is 515 g/mol. The van der Waals surface area contributed by atoms with Crippen molar-refractivity contribution in [1.82, 2.24) is 0 Å². The van der Waals surface area contributed by atoms with Gasteiger partial charge in [0, 0.05) is 0 Å². The van der Waals surface area contributed by atoms with Crippen LogP contribution in [-0.4, -0.2) is 0 Å². The van der Waals surface area contributed by atoms with Crippen LogP contribution in [0.4, 0.5) is 0 Å². The van der Waals surface area contributed by atoms with E-state index < -0.39 is 0 Å². The predicted molar refractivity (Wildman–Crippen MR) is 136 cm³/mol. The van der Waals surface area contributed by atoms with E-state index in [0.717, 1.165) is 49.4 Å². The van der Waals surface area contributed by atoms with Crippen LogP contribution in [0.1, 0.15) is 132 Å². The minimum Gasteiger partial charge on any atom is -0.343 e. The van der Waals surface area contributed by atoms with Crippen molar-refractivity contribution in [2.24, 2.45) is 23.7 Å². The summed E-state index contributed by atoms with van der Waals surface area (Å²) in [5.74, 6) is 3.45. The van der Waals surface area contributed by atoms with Crippen LogP contribution < -0.4 is 0 Å². The van der Waals surface area contributed by atoms with Crippen molar-refractivity contribution in [3.05, 3.63) is 27.7 Å². The summed E-state index contributed by atoms with van der Waals surface area (Å²) in [4.78, 5) is 0. The minimum atomic E-state index is 0. The van der Waals surface area contributed by atoms with E-state index in [1.807, 2.05) is 0 Å². The van der Waals surface area contributed by atoms with Crippen molar-refractivity contribution < 1.29 is 25.8 Å². The number of hydrogen-bond donors (Lipinski definition) is 0. The van der Waals surface area contributed by atoms with Crippen LogP contribution in [0.3, 0.4) is 0 Å². The van der Waals surface area contributed by atoms with Crippen molar-refractivity contribution in [2.45, 2.75) is 132 Å². The van der Waals surface area contributed by atoms with Gasteiger partial charge < -0.3 is 27.7 Å². The summed E-state index contributed by atoms with van der Waals surface area (Å²) in [5, 5.41) is 0. The van der Waals surface area contributed by atoms with Crippen molar-refractivity contribution in [1.29, 1.82) is 0 Å². The second-order valence-corrected chi connectivity index (χ2v) is 9.56. The molecular formula is C28H60Hf. The molecule has 0 rings (SSSR count). The molecule has 0 aliphatic carbocycles. The molecule has 0 saturated heterocycles. The molecule has 0 N–H and O–H groups in total. The molecule has 0 radical (unpaired) electrons. The molecule has 0 aromatic heterocycles. The first-order chi connectivity index (χ1) is 13.1. The second-order valence-electron chi connectivity index (χ2n) is 9.56. The zero-order chi connectivity index (χ0) is 22.8. The maximum Gasteiger partial charge on any atom is 4.00 e. The van der Waals surface area contributed by atoms with E-state index in [1.165, 1.54) is 51.4 Å². The third-order valence-corrected chi connectivity index (χ3v) is 4.13. The molecule has 0 spiro atoms. The average molecular weight is 575 g/mol. The molecule has 0 fully saturated rings. The molecule has 0 nitrogen and oxygen atoms in total. The molecule has 0 aliphatic rings. The predicted octanol–water partition coefficient (Wildman–Crippen LogP) is 10.6. The van der Waals surface area contributed by atoms with Gasteiger partial charge in [0.2, 0.25) is 0 Å². The Hall–Kier alpha value is 0.870. The van der Waals surface area contributed by atoms with E-state index in [0.29, 0.717) is 0 Å². The third kappa shape index (κ3) is 73.2. The standard InChI is InChI=1S/4C7H15.Hf/c4*1-4-5-6-7(2)3;/h4*7H,1,4-6H2,2-3H3;/q4*-1;+4. The largest absolute Gasteiger partial charge is 4.00 e. The topological polar surface area (TPSA) is 0 Å². The van der Waals surface area contributed by atoms with Gasteiger partial charge in [-0.3, -0.25) is 0 Å². The summed E-state index contributed by atoms with van der Waals surface area (Å²) in [5.41, 5.74) is 0.